The highest BCUT2D eigenvalue weighted by atomic mass is 19.3. The summed E-state index contributed by atoms with van der Waals surface area (Å²) in [6.45, 7) is -0.108. The predicted molar refractivity (Wildman–Crippen MR) is 97.1 cm³/mol. The van der Waals surface area contributed by atoms with Crippen LogP contribution in [0.25, 0.3) is 0 Å². The Morgan fingerprint density at radius 1 is 1.07 bits per heavy atom. The van der Waals surface area contributed by atoms with Gasteiger partial charge in [-0.15, -0.1) is 0 Å². The van der Waals surface area contributed by atoms with Crippen LogP contribution in [0.2, 0.25) is 0 Å². The SMILES string of the molecule is CC(C(=O)NCCc1ccc(F)cc1)N(C)Cc1ccc(OC(F)F)cc1. The van der Waals surface area contributed by atoms with Crippen LogP contribution in [0, 0.1) is 5.82 Å². The molecule has 0 heterocycles. The number of alkyl halides is 2. The Morgan fingerprint density at radius 3 is 2.26 bits per heavy atom. The standard InChI is InChI=1S/C20H23F3N2O2/c1-14(19(26)24-12-11-15-3-7-17(21)8-4-15)25(2)13-16-5-9-18(10-6-16)27-20(22)23/h3-10,14,20H,11-13H2,1-2H3,(H,24,26). The van der Waals surface area contributed by atoms with Crippen molar-refractivity contribution in [1.29, 1.82) is 0 Å². The van der Waals surface area contributed by atoms with Crippen molar-refractivity contribution < 1.29 is 22.7 Å². The lowest BCUT2D eigenvalue weighted by Gasteiger charge is -2.24. The Bertz CT molecular complexity index is 721. The highest BCUT2D eigenvalue weighted by molar-refractivity contribution is 5.81. The number of carbonyl (C=O) groups is 1. The van der Waals surface area contributed by atoms with Crippen LogP contribution in [0.5, 0.6) is 5.75 Å². The maximum Gasteiger partial charge on any atom is 0.387 e. The molecule has 0 bridgehead atoms. The predicted octanol–water partition coefficient (Wildman–Crippen LogP) is 3.61. The molecule has 2 aromatic carbocycles. The number of nitrogens with zero attached hydrogens (tertiary/aromatic N) is 1. The lowest BCUT2D eigenvalue weighted by Crippen LogP contribution is -2.43. The molecule has 0 aromatic heterocycles. The minimum atomic E-state index is -2.85. The fraction of sp³-hybridized carbons (Fsp3) is 0.350. The van der Waals surface area contributed by atoms with Gasteiger partial charge in [-0.2, -0.15) is 8.78 Å². The minimum Gasteiger partial charge on any atom is -0.435 e. The molecule has 2 rings (SSSR count). The molecule has 1 amide bonds. The summed E-state index contributed by atoms with van der Waals surface area (Å²) in [5.74, 6) is -0.299. The molecular formula is C20H23F3N2O2. The molecule has 0 fully saturated rings. The first-order valence-corrected chi connectivity index (χ1v) is 8.61. The molecular weight excluding hydrogens is 357 g/mol. The molecule has 146 valence electrons. The lowest BCUT2D eigenvalue weighted by atomic mass is 10.1. The van der Waals surface area contributed by atoms with Crippen LogP contribution in [0.15, 0.2) is 48.5 Å². The zero-order valence-corrected chi connectivity index (χ0v) is 15.3. The highest BCUT2D eigenvalue weighted by Crippen LogP contribution is 2.16. The Labute approximate surface area is 156 Å². The van der Waals surface area contributed by atoms with E-state index in [1.54, 1.807) is 31.2 Å². The van der Waals surface area contributed by atoms with E-state index >= 15 is 0 Å². The van der Waals surface area contributed by atoms with E-state index in [2.05, 4.69) is 10.1 Å². The van der Waals surface area contributed by atoms with E-state index in [1.165, 1.54) is 24.3 Å². The van der Waals surface area contributed by atoms with Crippen molar-refractivity contribution in [1.82, 2.24) is 10.2 Å². The number of carbonyl (C=O) groups excluding carboxylic acids is 1. The van der Waals surface area contributed by atoms with E-state index in [-0.39, 0.29) is 23.5 Å². The molecule has 27 heavy (non-hydrogen) atoms. The van der Waals surface area contributed by atoms with Crippen LogP contribution in [0.3, 0.4) is 0 Å². The fourth-order valence-corrected chi connectivity index (χ4v) is 2.53. The van der Waals surface area contributed by atoms with E-state index in [4.69, 9.17) is 0 Å². The van der Waals surface area contributed by atoms with Gasteiger partial charge in [0.15, 0.2) is 0 Å². The topological polar surface area (TPSA) is 41.6 Å². The van der Waals surface area contributed by atoms with Crippen LogP contribution in [-0.4, -0.2) is 37.1 Å². The quantitative estimate of drug-likeness (QED) is 0.723. The zero-order valence-electron chi connectivity index (χ0n) is 15.3. The van der Waals surface area contributed by atoms with Crippen molar-refractivity contribution in [3.05, 3.63) is 65.5 Å². The monoisotopic (exact) mass is 380 g/mol. The summed E-state index contributed by atoms with van der Waals surface area (Å²) in [4.78, 5) is 14.1. The number of nitrogens with one attached hydrogen (secondary N) is 1. The van der Waals surface area contributed by atoms with Gasteiger partial charge in [-0.1, -0.05) is 24.3 Å². The van der Waals surface area contributed by atoms with E-state index in [1.807, 2.05) is 11.9 Å². The molecule has 0 aliphatic carbocycles. The van der Waals surface area contributed by atoms with Gasteiger partial charge in [0.25, 0.3) is 0 Å². The number of likely N-dealkylation sites (N-methyl/N-ethyl adjacent to an activating group) is 1. The molecule has 0 spiro atoms. The molecule has 1 unspecified atom stereocenters. The summed E-state index contributed by atoms with van der Waals surface area (Å²) in [5.41, 5.74) is 1.83. The normalized spacial score (nSPS) is 12.3. The second-order valence-electron chi connectivity index (χ2n) is 6.28. The summed E-state index contributed by atoms with van der Waals surface area (Å²) >= 11 is 0. The second-order valence-corrected chi connectivity index (χ2v) is 6.28. The zero-order chi connectivity index (χ0) is 19.8. The van der Waals surface area contributed by atoms with E-state index in [9.17, 15) is 18.0 Å². The maximum atomic E-state index is 12.9. The Morgan fingerprint density at radius 2 is 1.67 bits per heavy atom. The number of halogens is 3. The van der Waals surface area contributed by atoms with Crippen LogP contribution in [-0.2, 0) is 17.8 Å². The second kappa shape index (κ2) is 9.97. The van der Waals surface area contributed by atoms with Crippen LogP contribution >= 0.6 is 0 Å². The van der Waals surface area contributed by atoms with Crippen molar-refractivity contribution in [3.8, 4) is 5.75 Å². The van der Waals surface area contributed by atoms with E-state index in [0.717, 1.165) is 11.1 Å². The third-order valence-corrected chi connectivity index (χ3v) is 4.25. The maximum absolute atomic E-state index is 12.9. The molecule has 0 saturated carbocycles. The molecule has 2 aromatic rings. The molecule has 0 radical (unpaired) electrons. The Hall–Kier alpha value is -2.54. The Balaban J connectivity index is 1.78. The van der Waals surface area contributed by atoms with Gasteiger partial charge in [-0.05, 0) is 55.8 Å². The number of ether oxygens (including phenoxy) is 1. The summed E-state index contributed by atoms with van der Waals surface area (Å²) in [6.07, 6.45) is 0.619. The van der Waals surface area contributed by atoms with Gasteiger partial charge in [0, 0.05) is 13.1 Å². The fourth-order valence-electron chi connectivity index (χ4n) is 2.53. The molecule has 0 aliphatic heterocycles. The number of amides is 1. The van der Waals surface area contributed by atoms with Crippen molar-refractivity contribution in [2.75, 3.05) is 13.6 Å². The average Bonchev–Trinajstić information content (AvgIpc) is 2.63. The third-order valence-electron chi connectivity index (χ3n) is 4.25. The summed E-state index contributed by atoms with van der Waals surface area (Å²) in [5, 5.41) is 2.87. The van der Waals surface area contributed by atoms with Crippen molar-refractivity contribution >= 4 is 5.91 Å². The van der Waals surface area contributed by atoms with Crippen molar-refractivity contribution in [2.45, 2.75) is 32.5 Å². The van der Waals surface area contributed by atoms with Gasteiger partial charge >= 0.3 is 6.61 Å². The van der Waals surface area contributed by atoms with Crippen LogP contribution in [0.1, 0.15) is 18.1 Å². The number of hydrogen-bond acceptors (Lipinski definition) is 3. The Kier molecular flexibility index (Phi) is 7.67. The van der Waals surface area contributed by atoms with Gasteiger partial charge in [-0.25, -0.2) is 4.39 Å². The first-order chi connectivity index (χ1) is 12.8. The first-order valence-electron chi connectivity index (χ1n) is 8.61. The molecule has 0 aliphatic rings. The van der Waals surface area contributed by atoms with Gasteiger partial charge in [-0.3, -0.25) is 9.69 Å². The number of hydrogen-bond donors (Lipinski definition) is 1. The molecule has 1 N–H and O–H groups in total. The lowest BCUT2D eigenvalue weighted by molar-refractivity contribution is -0.125. The first kappa shape index (κ1) is 20.8. The largest absolute Gasteiger partial charge is 0.435 e. The average molecular weight is 380 g/mol. The van der Waals surface area contributed by atoms with Gasteiger partial charge in [0.2, 0.25) is 5.91 Å². The highest BCUT2D eigenvalue weighted by Gasteiger charge is 2.17. The molecule has 4 nitrogen and oxygen atoms in total. The number of rotatable bonds is 9. The van der Waals surface area contributed by atoms with E-state index < -0.39 is 6.61 Å². The molecule has 7 heteroatoms. The minimum absolute atomic E-state index is 0.1000. The summed E-state index contributed by atoms with van der Waals surface area (Å²) in [7, 11) is 1.81. The van der Waals surface area contributed by atoms with Gasteiger partial charge in [0.1, 0.15) is 11.6 Å². The summed E-state index contributed by atoms with van der Waals surface area (Å²) < 4.78 is 41.5. The van der Waals surface area contributed by atoms with Crippen molar-refractivity contribution in [2.24, 2.45) is 0 Å². The molecule has 1 atom stereocenters. The van der Waals surface area contributed by atoms with Crippen LogP contribution < -0.4 is 10.1 Å². The number of benzene rings is 2. The van der Waals surface area contributed by atoms with Crippen LogP contribution in [0.4, 0.5) is 13.2 Å². The van der Waals surface area contributed by atoms with E-state index in [0.29, 0.717) is 19.5 Å². The van der Waals surface area contributed by atoms with Gasteiger partial charge < -0.3 is 10.1 Å². The smallest absolute Gasteiger partial charge is 0.387 e. The molecule has 0 saturated heterocycles. The van der Waals surface area contributed by atoms with Gasteiger partial charge in [0.05, 0.1) is 6.04 Å². The third kappa shape index (κ3) is 6.94. The van der Waals surface area contributed by atoms with Crippen molar-refractivity contribution in [3.63, 3.8) is 0 Å². The summed E-state index contributed by atoms with van der Waals surface area (Å²) in [6, 6.07) is 12.1.